The average molecular weight is 146 g/mol. The number of ether oxygens (including phenoxy) is 2. The molecule has 2 aliphatic heterocycles. The van der Waals surface area contributed by atoms with E-state index in [4.69, 9.17) is 9.47 Å². The summed E-state index contributed by atoms with van der Waals surface area (Å²) in [5.74, 6) is 0. The second-order valence-corrected chi connectivity index (χ2v) is 2.84. The van der Waals surface area contributed by atoms with E-state index in [1.165, 1.54) is 0 Å². The molecule has 4 heteroatoms. The molecule has 0 aromatic heterocycles. The summed E-state index contributed by atoms with van der Waals surface area (Å²) in [6.07, 6.45) is -1.09. The molecule has 2 heterocycles. The Balaban J connectivity index is 2.21. The maximum Gasteiger partial charge on any atom is 0.144 e. The first-order valence-corrected chi connectivity index (χ1v) is 3.33. The Labute approximate surface area is 58.4 Å². The van der Waals surface area contributed by atoms with Gasteiger partial charge in [0.1, 0.15) is 17.8 Å². The van der Waals surface area contributed by atoms with E-state index < -0.39 is 11.7 Å². The number of aliphatic hydroxyl groups excluding tert-OH is 1. The minimum absolute atomic E-state index is 0.193. The van der Waals surface area contributed by atoms with Gasteiger partial charge in [-0.1, -0.05) is 0 Å². The molecule has 2 aliphatic rings. The molecule has 0 amide bonds. The summed E-state index contributed by atoms with van der Waals surface area (Å²) in [5, 5.41) is 18.8. The lowest BCUT2D eigenvalue weighted by Crippen LogP contribution is -2.46. The third kappa shape index (κ3) is 0.645. The smallest absolute Gasteiger partial charge is 0.144 e. The van der Waals surface area contributed by atoms with Crippen molar-refractivity contribution < 1.29 is 19.7 Å². The fraction of sp³-hybridized carbons (Fsp3) is 1.00. The molecule has 2 fully saturated rings. The van der Waals surface area contributed by atoms with Gasteiger partial charge in [0.25, 0.3) is 0 Å². The summed E-state index contributed by atoms with van der Waals surface area (Å²) in [6, 6.07) is 0. The SMILES string of the molecule is OC1COC2COCC12O. The summed E-state index contributed by atoms with van der Waals surface area (Å²) in [6.45, 7) is 0.816. The first-order chi connectivity index (χ1) is 4.73. The van der Waals surface area contributed by atoms with Gasteiger partial charge in [0, 0.05) is 0 Å². The highest BCUT2D eigenvalue weighted by atomic mass is 16.6. The minimum atomic E-state index is -1.12. The summed E-state index contributed by atoms with van der Waals surface area (Å²) in [5.41, 5.74) is -1.12. The van der Waals surface area contributed by atoms with E-state index in [9.17, 15) is 10.2 Å². The van der Waals surface area contributed by atoms with Gasteiger partial charge in [-0.2, -0.15) is 0 Å². The van der Waals surface area contributed by atoms with Crippen LogP contribution < -0.4 is 0 Å². The van der Waals surface area contributed by atoms with Gasteiger partial charge in [0.2, 0.25) is 0 Å². The highest BCUT2D eigenvalue weighted by molar-refractivity contribution is 5.02. The molecule has 2 rings (SSSR count). The second kappa shape index (κ2) is 1.92. The molecule has 0 aromatic rings. The molecule has 2 N–H and O–H groups in total. The van der Waals surface area contributed by atoms with Gasteiger partial charge in [-0.3, -0.25) is 0 Å². The van der Waals surface area contributed by atoms with Crippen molar-refractivity contribution in [1.82, 2.24) is 0 Å². The van der Waals surface area contributed by atoms with E-state index in [-0.39, 0.29) is 19.3 Å². The van der Waals surface area contributed by atoms with E-state index in [0.717, 1.165) is 0 Å². The molecule has 58 valence electrons. The number of aliphatic hydroxyl groups is 2. The number of hydrogen-bond acceptors (Lipinski definition) is 4. The van der Waals surface area contributed by atoms with Crippen LogP contribution in [0.3, 0.4) is 0 Å². The normalized spacial score (nSPS) is 53.4. The minimum Gasteiger partial charge on any atom is -0.387 e. The Morgan fingerprint density at radius 3 is 2.90 bits per heavy atom. The molecule has 2 saturated heterocycles. The number of fused-ring (bicyclic) bond motifs is 1. The van der Waals surface area contributed by atoms with Crippen LogP contribution in [0.1, 0.15) is 0 Å². The molecule has 3 atom stereocenters. The standard InChI is InChI=1S/C6H10O4/c7-4-1-10-5-2-9-3-6(4,5)8/h4-5,7-8H,1-3H2. The molecule has 0 radical (unpaired) electrons. The van der Waals surface area contributed by atoms with Crippen LogP contribution in [-0.4, -0.2) is 47.8 Å². The molecule has 4 nitrogen and oxygen atoms in total. The van der Waals surface area contributed by atoms with Gasteiger partial charge in [0.15, 0.2) is 0 Å². The van der Waals surface area contributed by atoms with Crippen LogP contribution in [0.2, 0.25) is 0 Å². The van der Waals surface area contributed by atoms with Crippen LogP contribution in [-0.2, 0) is 9.47 Å². The number of hydrogen-bond donors (Lipinski definition) is 2. The predicted molar refractivity (Wildman–Crippen MR) is 31.5 cm³/mol. The van der Waals surface area contributed by atoms with Crippen LogP contribution >= 0.6 is 0 Å². The summed E-state index contributed by atoms with van der Waals surface area (Å²) >= 11 is 0. The lowest BCUT2D eigenvalue weighted by Gasteiger charge is -2.20. The van der Waals surface area contributed by atoms with E-state index >= 15 is 0 Å². The van der Waals surface area contributed by atoms with Crippen LogP contribution in [0, 0.1) is 0 Å². The van der Waals surface area contributed by atoms with E-state index in [0.29, 0.717) is 6.61 Å². The monoisotopic (exact) mass is 146 g/mol. The van der Waals surface area contributed by atoms with Crippen LogP contribution in [0.15, 0.2) is 0 Å². The van der Waals surface area contributed by atoms with Crippen molar-refractivity contribution in [2.45, 2.75) is 17.8 Å². The highest BCUT2D eigenvalue weighted by Crippen LogP contribution is 2.31. The quantitative estimate of drug-likeness (QED) is 0.437. The topological polar surface area (TPSA) is 58.9 Å². The lowest BCUT2D eigenvalue weighted by molar-refractivity contribution is -0.0599. The van der Waals surface area contributed by atoms with Crippen LogP contribution in [0.25, 0.3) is 0 Å². The largest absolute Gasteiger partial charge is 0.387 e. The van der Waals surface area contributed by atoms with Gasteiger partial charge in [-0.05, 0) is 0 Å². The molecule has 0 bridgehead atoms. The molecule has 0 aliphatic carbocycles. The van der Waals surface area contributed by atoms with Gasteiger partial charge in [-0.15, -0.1) is 0 Å². The van der Waals surface area contributed by atoms with Gasteiger partial charge < -0.3 is 19.7 Å². The molecule has 0 spiro atoms. The zero-order chi connectivity index (χ0) is 7.19. The average Bonchev–Trinajstić information content (AvgIpc) is 2.36. The summed E-state index contributed by atoms with van der Waals surface area (Å²) in [4.78, 5) is 0. The van der Waals surface area contributed by atoms with Crippen molar-refractivity contribution in [1.29, 1.82) is 0 Å². The maximum absolute atomic E-state index is 9.60. The van der Waals surface area contributed by atoms with E-state index in [1.54, 1.807) is 0 Å². The first kappa shape index (κ1) is 6.54. The molecule has 3 unspecified atom stereocenters. The van der Waals surface area contributed by atoms with Gasteiger partial charge >= 0.3 is 0 Å². The van der Waals surface area contributed by atoms with Gasteiger partial charge in [-0.25, -0.2) is 0 Å². The summed E-state index contributed by atoms with van der Waals surface area (Å²) < 4.78 is 10.0. The van der Waals surface area contributed by atoms with Gasteiger partial charge in [0.05, 0.1) is 19.8 Å². The van der Waals surface area contributed by atoms with Crippen molar-refractivity contribution in [3.63, 3.8) is 0 Å². The molecule has 0 saturated carbocycles. The fourth-order valence-electron chi connectivity index (χ4n) is 1.42. The Hall–Kier alpha value is -0.160. The molecular formula is C6H10O4. The fourth-order valence-corrected chi connectivity index (χ4v) is 1.42. The van der Waals surface area contributed by atoms with E-state index in [2.05, 4.69) is 0 Å². The van der Waals surface area contributed by atoms with Crippen molar-refractivity contribution in [3.8, 4) is 0 Å². The molecule has 0 aromatic carbocycles. The van der Waals surface area contributed by atoms with Crippen molar-refractivity contribution in [2.24, 2.45) is 0 Å². The third-order valence-electron chi connectivity index (χ3n) is 2.19. The summed E-state index contributed by atoms with van der Waals surface area (Å²) in [7, 11) is 0. The lowest BCUT2D eigenvalue weighted by atomic mass is 9.97. The van der Waals surface area contributed by atoms with Crippen molar-refractivity contribution in [3.05, 3.63) is 0 Å². The third-order valence-corrected chi connectivity index (χ3v) is 2.19. The molecular weight excluding hydrogens is 136 g/mol. The number of rotatable bonds is 0. The zero-order valence-electron chi connectivity index (χ0n) is 5.49. The van der Waals surface area contributed by atoms with E-state index in [1.807, 2.05) is 0 Å². The Morgan fingerprint density at radius 1 is 1.40 bits per heavy atom. The van der Waals surface area contributed by atoms with Crippen LogP contribution in [0.5, 0.6) is 0 Å². The Bertz CT molecular complexity index is 149. The predicted octanol–water partition coefficient (Wildman–Crippen LogP) is -1.49. The van der Waals surface area contributed by atoms with Crippen molar-refractivity contribution in [2.75, 3.05) is 19.8 Å². The Morgan fingerprint density at radius 2 is 2.20 bits per heavy atom. The zero-order valence-corrected chi connectivity index (χ0v) is 5.49. The molecule has 10 heavy (non-hydrogen) atoms. The van der Waals surface area contributed by atoms with Crippen molar-refractivity contribution >= 4 is 0 Å². The second-order valence-electron chi connectivity index (χ2n) is 2.84. The maximum atomic E-state index is 9.60. The Kier molecular flexibility index (Phi) is 1.25. The van der Waals surface area contributed by atoms with Crippen LogP contribution in [0.4, 0.5) is 0 Å². The first-order valence-electron chi connectivity index (χ1n) is 3.33. The highest BCUT2D eigenvalue weighted by Gasteiger charge is 2.53.